The van der Waals surface area contributed by atoms with Gasteiger partial charge in [-0.15, -0.1) is 0 Å². The standard InChI is InChI=1S/C29H54O5Si5/c1-26-25-28(21-22-29(26)30)20-16-23-38(10,32-36(5,6)7)34-39(11,33-37(8,9)31-35(2,3)4)24-15-19-27-17-13-12-14-18-27/h12-14,17-18,21-22,25,30H,15-16,19-20,23-24H2,1-11H3. The van der Waals surface area contributed by atoms with Crippen LogP contribution in [0, 0.1) is 6.92 Å². The minimum atomic E-state index is -2.63. The van der Waals surface area contributed by atoms with Crippen LogP contribution >= 0.6 is 0 Å². The first kappa shape index (κ1) is 34.4. The number of aryl methyl sites for hydroxylation is 3. The van der Waals surface area contributed by atoms with Crippen LogP contribution in [0.2, 0.25) is 77.6 Å². The number of phenols is 1. The Bertz CT molecular complexity index is 1040. The number of benzene rings is 2. The van der Waals surface area contributed by atoms with E-state index < -0.39 is 42.3 Å². The van der Waals surface area contributed by atoms with Crippen molar-refractivity contribution < 1.29 is 21.6 Å². The molecule has 0 amide bonds. The summed E-state index contributed by atoms with van der Waals surface area (Å²) in [5, 5.41) is 9.92. The molecule has 0 aliphatic carbocycles. The van der Waals surface area contributed by atoms with E-state index in [-0.39, 0.29) is 0 Å². The zero-order valence-electron chi connectivity index (χ0n) is 26.4. The molecule has 0 aromatic heterocycles. The second-order valence-corrected chi connectivity index (χ2v) is 33.7. The lowest BCUT2D eigenvalue weighted by atomic mass is 10.1. The van der Waals surface area contributed by atoms with Crippen LogP contribution in [0.4, 0.5) is 0 Å². The van der Waals surface area contributed by atoms with Crippen molar-refractivity contribution in [3.63, 3.8) is 0 Å². The van der Waals surface area contributed by atoms with Crippen LogP contribution < -0.4 is 0 Å². The molecule has 5 nitrogen and oxygen atoms in total. The van der Waals surface area contributed by atoms with E-state index >= 15 is 0 Å². The summed E-state index contributed by atoms with van der Waals surface area (Å²) in [4.78, 5) is 0. The van der Waals surface area contributed by atoms with Gasteiger partial charge in [-0.3, -0.25) is 0 Å². The summed E-state index contributed by atoms with van der Waals surface area (Å²) in [6.45, 7) is 24.3. The molecule has 10 heteroatoms. The fraction of sp³-hybridized carbons (Fsp3) is 0.586. The maximum Gasteiger partial charge on any atom is 0.317 e. The molecule has 0 saturated heterocycles. The smallest absolute Gasteiger partial charge is 0.317 e. The number of phenolic OH excluding ortho intramolecular Hbond substituents is 1. The van der Waals surface area contributed by atoms with Crippen molar-refractivity contribution in [1.82, 2.24) is 0 Å². The Hall–Kier alpha value is -0.836. The average Bonchev–Trinajstić information content (AvgIpc) is 2.73. The van der Waals surface area contributed by atoms with Gasteiger partial charge in [-0.05, 0) is 133 Å². The van der Waals surface area contributed by atoms with Crippen molar-refractivity contribution >= 4 is 42.3 Å². The van der Waals surface area contributed by atoms with Crippen LogP contribution in [0.25, 0.3) is 0 Å². The molecule has 0 spiro atoms. The van der Waals surface area contributed by atoms with Gasteiger partial charge < -0.3 is 21.6 Å². The van der Waals surface area contributed by atoms with Gasteiger partial charge in [0.05, 0.1) is 0 Å². The predicted octanol–water partition coefficient (Wildman–Crippen LogP) is 8.85. The Labute approximate surface area is 244 Å². The third-order valence-electron chi connectivity index (χ3n) is 6.26. The highest BCUT2D eigenvalue weighted by Gasteiger charge is 2.48. The first-order chi connectivity index (χ1) is 17.8. The molecule has 0 radical (unpaired) electrons. The summed E-state index contributed by atoms with van der Waals surface area (Å²) in [5.41, 5.74) is 3.51. The van der Waals surface area contributed by atoms with E-state index in [1.165, 1.54) is 11.1 Å². The third-order valence-corrected chi connectivity index (χ3v) is 24.5. The summed E-state index contributed by atoms with van der Waals surface area (Å²) in [6.07, 6.45) is 3.96. The van der Waals surface area contributed by atoms with Crippen LogP contribution in [-0.2, 0) is 29.3 Å². The molecule has 0 saturated carbocycles. The Morgan fingerprint density at radius 2 is 1.10 bits per heavy atom. The zero-order valence-corrected chi connectivity index (χ0v) is 31.4. The number of aromatic hydroxyl groups is 1. The van der Waals surface area contributed by atoms with Gasteiger partial charge in [0.25, 0.3) is 0 Å². The SMILES string of the molecule is Cc1cc(CCC[Si](C)(O[Si](C)(C)C)O[Si](C)(CCCc2ccccc2)O[Si](C)(C)O[Si](C)(C)C)ccc1O. The van der Waals surface area contributed by atoms with Gasteiger partial charge >= 0.3 is 25.7 Å². The van der Waals surface area contributed by atoms with E-state index in [1.54, 1.807) is 6.07 Å². The molecule has 2 atom stereocenters. The van der Waals surface area contributed by atoms with Gasteiger partial charge in [0.2, 0.25) is 0 Å². The maximum absolute atomic E-state index is 9.92. The van der Waals surface area contributed by atoms with E-state index in [0.29, 0.717) is 5.75 Å². The van der Waals surface area contributed by atoms with Crippen LogP contribution in [0.1, 0.15) is 29.5 Å². The molecule has 220 valence electrons. The van der Waals surface area contributed by atoms with E-state index in [1.807, 2.05) is 13.0 Å². The molecule has 0 heterocycles. The highest BCUT2D eigenvalue weighted by molar-refractivity contribution is 6.90. The molecule has 2 aromatic rings. The predicted molar refractivity (Wildman–Crippen MR) is 177 cm³/mol. The van der Waals surface area contributed by atoms with Crippen LogP contribution in [0.5, 0.6) is 5.75 Å². The highest BCUT2D eigenvalue weighted by atomic mass is 28.5. The van der Waals surface area contributed by atoms with E-state index in [9.17, 15) is 5.11 Å². The fourth-order valence-corrected chi connectivity index (χ4v) is 29.2. The molecule has 0 aliphatic rings. The summed E-state index contributed by atoms with van der Waals surface area (Å²) >= 11 is 0. The minimum absolute atomic E-state index is 0.352. The Morgan fingerprint density at radius 1 is 0.590 bits per heavy atom. The molecule has 0 aliphatic heterocycles. The van der Waals surface area contributed by atoms with Crippen LogP contribution in [0.3, 0.4) is 0 Å². The van der Waals surface area contributed by atoms with Crippen molar-refractivity contribution in [3.8, 4) is 5.75 Å². The monoisotopic (exact) mass is 622 g/mol. The van der Waals surface area contributed by atoms with Crippen molar-refractivity contribution in [3.05, 3.63) is 65.2 Å². The molecule has 0 fully saturated rings. The second kappa shape index (κ2) is 13.9. The van der Waals surface area contributed by atoms with Gasteiger partial charge in [-0.2, -0.15) is 0 Å². The molecule has 2 aromatic carbocycles. The lowest BCUT2D eigenvalue weighted by molar-refractivity contribution is 0.287. The molecule has 39 heavy (non-hydrogen) atoms. The lowest BCUT2D eigenvalue weighted by Gasteiger charge is -2.44. The first-order valence-electron chi connectivity index (χ1n) is 14.4. The summed E-state index contributed by atoms with van der Waals surface area (Å²) < 4.78 is 27.9. The summed E-state index contributed by atoms with van der Waals surface area (Å²) in [6, 6.07) is 18.4. The molecular weight excluding hydrogens is 569 g/mol. The van der Waals surface area contributed by atoms with Crippen LogP contribution in [0.15, 0.2) is 48.5 Å². The topological polar surface area (TPSA) is 57.2 Å². The largest absolute Gasteiger partial charge is 0.508 e. The Morgan fingerprint density at radius 3 is 1.62 bits per heavy atom. The van der Waals surface area contributed by atoms with Crippen molar-refractivity contribution in [2.24, 2.45) is 0 Å². The Kier molecular flexibility index (Phi) is 12.2. The van der Waals surface area contributed by atoms with Crippen molar-refractivity contribution in [2.75, 3.05) is 0 Å². The first-order valence-corrected chi connectivity index (χ1v) is 29.1. The average molecular weight is 623 g/mol. The van der Waals surface area contributed by atoms with Crippen LogP contribution in [-0.4, -0.2) is 47.4 Å². The molecule has 0 bridgehead atoms. The molecule has 2 unspecified atom stereocenters. The van der Waals surface area contributed by atoms with Gasteiger partial charge in [-0.25, -0.2) is 0 Å². The van der Waals surface area contributed by atoms with Gasteiger partial charge in [0.1, 0.15) is 5.75 Å². The van der Waals surface area contributed by atoms with E-state index in [2.05, 4.69) is 102 Å². The van der Waals surface area contributed by atoms with Crippen molar-refractivity contribution in [1.29, 1.82) is 0 Å². The molecule has 2 rings (SSSR count). The van der Waals surface area contributed by atoms with E-state index in [4.69, 9.17) is 16.5 Å². The van der Waals surface area contributed by atoms with Gasteiger partial charge in [0, 0.05) is 0 Å². The van der Waals surface area contributed by atoms with Gasteiger partial charge in [0.15, 0.2) is 16.6 Å². The van der Waals surface area contributed by atoms with E-state index in [0.717, 1.165) is 43.3 Å². The minimum Gasteiger partial charge on any atom is -0.508 e. The number of hydrogen-bond donors (Lipinski definition) is 1. The van der Waals surface area contributed by atoms with Crippen molar-refractivity contribution in [2.45, 2.75) is 110 Å². The second-order valence-electron chi connectivity index (χ2n) is 13.6. The molecule has 1 N–H and O–H groups in total. The maximum atomic E-state index is 9.92. The Balaban J connectivity index is 2.26. The zero-order chi connectivity index (χ0) is 29.5. The quantitative estimate of drug-likeness (QED) is 0.190. The summed E-state index contributed by atoms with van der Waals surface area (Å²) in [5.74, 6) is 0.352. The van der Waals surface area contributed by atoms with Gasteiger partial charge in [-0.1, -0.05) is 42.5 Å². The number of hydrogen-bond acceptors (Lipinski definition) is 5. The summed E-state index contributed by atoms with van der Waals surface area (Å²) in [7, 11) is -11.2. The molecular formula is C29H54O5Si5. The third kappa shape index (κ3) is 13.6. The lowest BCUT2D eigenvalue weighted by Crippen LogP contribution is -2.60. The fourth-order valence-electron chi connectivity index (χ4n) is 5.37. The number of rotatable bonds is 16. The highest BCUT2D eigenvalue weighted by Crippen LogP contribution is 2.32. The normalized spacial score (nSPS) is 16.1.